The topological polar surface area (TPSA) is 72.8 Å². The quantitative estimate of drug-likeness (QED) is 0.0790. The van der Waals surface area contributed by atoms with Crippen LogP contribution in [0, 0.1) is 0 Å². The third-order valence-corrected chi connectivity index (χ3v) is 6.00. The highest BCUT2D eigenvalue weighted by Crippen LogP contribution is 2.10. The lowest BCUT2D eigenvalue weighted by atomic mass is 10.1. The van der Waals surface area contributed by atoms with E-state index >= 15 is 0 Å². The summed E-state index contributed by atoms with van der Waals surface area (Å²) in [6.45, 7) is 3.99. The van der Waals surface area contributed by atoms with E-state index in [2.05, 4.69) is 38.2 Å². The van der Waals surface area contributed by atoms with Gasteiger partial charge in [0.15, 0.2) is 6.10 Å². The highest BCUT2D eigenvalue weighted by atomic mass is 16.6. The van der Waals surface area contributed by atoms with Gasteiger partial charge in [-0.25, -0.2) is 0 Å². The number of carbonyl (C=O) groups is 2. The zero-order valence-corrected chi connectivity index (χ0v) is 22.8. The fraction of sp³-hybridized carbons (Fsp3) is 0.800. The molecule has 1 N–H and O–H groups in total. The van der Waals surface area contributed by atoms with Crippen molar-refractivity contribution in [3.63, 3.8) is 0 Å². The van der Waals surface area contributed by atoms with Crippen LogP contribution in [0.2, 0.25) is 0 Å². The van der Waals surface area contributed by atoms with Gasteiger partial charge in [0.2, 0.25) is 0 Å². The molecule has 0 aliphatic heterocycles. The van der Waals surface area contributed by atoms with Crippen molar-refractivity contribution < 1.29 is 24.2 Å². The molecule has 5 nitrogen and oxygen atoms in total. The summed E-state index contributed by atoms with van der Waals surface area (Å²) in [5.74, 6) is -0.624. The molecule has 0 aromatic carbocycles. The summed E-state index contributed by atoms with van der Waals surface area (Å²) in [4.78, 5) is 23.8. The van der Waals surface area contributed by atoms with Gasteiger partial charge in [0.1, 0.15) is 6.61 Å². The first kappa shape index (κ1) is 33.4. The van der Waals surface area contributed by atoms with E-state index in [1.165, 1.54) is 57.8 Å². The maximum Gasteiger partial charge on any atom is 0.306 e. The molecule has 0 bridgehead atoms. The summed E-state index contributed by atoms with van der Waals surface area (Å²) in [5.41, 5.74) is 0. The lowest BCUT2D eigenvalue weighted by molar-refractivity contribution is -0.161. The van der Waals surface area contributed by atoms with Gasteiger partial charge in [0, 0.05) is 12.8 Å². The van der Waals surface area contributed by atoms with Crippen LogP contribution in [-0.2, 0) is 19.1 Å². The largest absolute Gasteiger partial charge is 0.462 e. The van der Waals surface area contributed by atoms with Crippen molar-refractivity contribution in [2.45, 2.75) is 142 Å². The number of allylic oxidation sites excluding steroid dienone is 4. The van der Waals surface area contributed by atoms with E-state index in [9.17, 15) is 14.7 Å². The summed E-state index contributed by atoms with van der Waals surface area (Å²) >= 11 is 0. The third-order valence-electron chi connectivity index (χ3n) is 6.00. The Balaban J connectivity index is 3.61. The van der Waals surface area contributed by atoms with Crippen LogP contribution in [0.3, 0.4) is 0 Å². The molecule has 0 aromatic rings. The van der Waals surface area contributed by atoms with E-state index in [0.717, 1.165) is 51.4 Å². The number of aliphatic hydroxyl groups excluding tert-OH is 1. The highest BCUT2D eigenvalue weighted by Gasteiger charge is 2.16. The van der Waals surface area contributed by atoms with Crippen LogP contribution in [0.4, 0.5) is 0 Å². The lowest BCUT2D eigenvalue weighted by Gasteiger charge is -2.15. The smallest absolute Gasteiger partial charge is 0.306 e. The maximum atomic E-state index is 12.0. The molecule has 204 valence electrons. The molecule has 0 radical (unpaired) electrons. The van der Waals surface area contributed by atoms with Crippen molar-refractivity contribution >= 4 is 11.9 Å². The highest BCUT2D eigenvalue weighted by molar-refractivity contribution is 5.70. The number of rotatable bonds is 25. The van der Waals surface area contributed by atoms with Crippen LogP contribution in [0.25, 0.3) is 0 Å². The molecule has 0 fully saturated rings. The van der Waals surface area contributed by atoms with Crippen molar-refractivity contribution in [3.8, 4) is 0 Å². The van der Waals surface area contributed by atoms with Crippen LogP contribution in [-0.4, -0.2) is 36.4 Å². The first-order valence-electron chi connectivity index (χ1n) is 14.4. The monoisotopic (exact) mass is 494 g/mol. The molecule has 0 saturated carbocycles. The maximum absolute atomic E-state index is 12.0. The van der Waals surface area contributed by atoms with E-state index in [0.29, 0.717) is 12.8 Å². The van der Waals surface area contributed by atoms with Gasteiger partial charge in [-0.3, -0.25) is 9.59 Å². The van der Waals surface area contributed by atoms with Crippen LogP contribution < -0.4 is 0 Å². The third kappa shape index (κ3) is 25.3. The summed E-state index contributed by atoms with van der Waals surface area (Å²) in [6, 6.07) is 0. The van der Waals surface area contributed by atoms with Crippen LogP contribution in [0.1, 0.15) is 136 Å². The van der Waals surface area contributed by atoms with E-state index in [1.54, 1.807) is 0 Å². The molecule has 0 aliphatic rings. The second-order valence-electron chi connectivity index (χ2n) is 9.48. The molecular weight excluding hydrogens is 440 g/mol. The average molecular weight is 495 g/mol. The van der Waals surface area contributed by atoms with Gasteiger partial charge >= 0.3 is 11.9 Å². The van der Waals surface area contributed by atoms with Gasteiger partial charge in [-0.05, 0) is 44.9 Å². The van der Waals surface area contributed by atoms with E-state index in [-0.39, 0.29) is 25.2 Å². The predicted molar refractivity (Wildman–Crippen MR) is 145 cm³/mol. The Labute approximate surface area is 215 Å². The first-order chi connectivity index (χ1) is 17.1. The summed E-state index contributed by atoms with van der Waals surface area (Å²) in [6.07, 6.45) is 28.2. The predicted octanol–water partition coefficient (Wildman–Crippen LogP) is 8.00. The molecule has 0 amide bonds. The second-order valence-corrected chi connectivity index (χ2v) is 9.48. The Morgan fingerprint density at radius 1 is 0.657 bits per heavy atom. The van der Waals surface area contributed by atoms with Gasteiger partial charge < -0.3 is 14.6 Å². The SMILES string of the molecule is CCCCCC/C=C\C/C=C\CCCCCCCC(=O)OC(CO)COC(=O)CCCCCCC. The van der Waals surface area contributed by atoms with Crippen molar-refractivity contribution in [1.82, 2.24) is 0 Å². The van der Waals surface area contributed by atoms with Crippen LogP contribution in [0.5, 0.6) is 0 Å². The molecule has 1 atom stereocenters. The molecule has 0 spiro atoms. The average Bonchev–Trinajstić information content (AvgIpc) is 2.86. The molecular formula is C30H54O5. The fourth-order valence-electron chi connectivity index (χ4n) is 3.76. The van der Waals surface area contributed by atoms with Crippen LogP contribution >= 0.6 is 0 Å². The zero-order valence-electron chi connectivity index (χ0n) is 22.8. The first-order valence-corrected chi connectivity index (χ1v) is 14.4. The minimum Gasteiger partial charge on any atom is -0.462 e. The number of carbonyl (C=O) groups excluding carboxylic acids is 2. The summed E-state index contributed by atoms with van der Waals surface area (Å²) in [5, 5.41) is 9.40. The van der Waals surface area contributed by atoms with Crippen molar-refractivity contribution in [3.05, 3.63) is 24.3 Å². The molecule has 35 heavy (non-hydrogen) atoms. The number of ether oxygens (including phenoxy) is 2. The molecule has 0 saturated heterocycles. The van der Waals surface area contributed by atoms with Crippen LogP contribution in [0.15, 0.2) is 24.3 Å². The van der Waals surface area contributed by atoms with E-state index in [1.807, 2.05) is 0 Å². The number of aliphatic hydroxyl groups is 1. The minimum atomic E-state index is -0.769. The molecule has 5 heteroatoms. The molecule has 0 heterocycles. The standard InChI is InChI=1S/C30H54O5/c1-3-5-7-9-10-11-12-13-14-15-16-17-18-19-21-23-25-30(33)35-28(26-31)27-34-29(32)24-22-20-8-6-4-2/h11-12,14-15,28,31H,3-10,13,16-27H2,1-2H3/b12-11-,15-14-. The second kappa shape index (κ2) is 27.0. The summed E-state index contributed by atoms with van der Waals surface area (Å²) < 4.78 is 10.4. The number of unbranched alkanes of at least 4 members (excludes halogenated alkanes) is 13. The van der Waals surface area contributed by atoms with Gasteiger partial charge in [0.25, 0.3) is 0 Å². The Bertz CT molecular complexity index is 541. The minimum absolute atomic E-state index is 0.0711. The Morgan fingerprint density at radius 2 is 1.14 bits per heavy atom. The van der Waals surface area contributed by atoms with Gasteiger partial charge in [0.05, 0.1) is 6.61 Å². The van der Waals surface area contributed by atoms with Crippen molar-refractivity contribution in [1.29, 1.82) is 0 Å². The molecule has 1 unspecified atom stereocenters. The molecule has 0 aromatic heterocycles. The normalized spacial score (nSPS) is 12.4. The summed E-state index contributed by atoms with van der Waals surface area (Å²) in [7, 11) is 0. The van der Waals surface area contributed by atoms with Gasteiger partial charge in [-0.2, -0.15) is 0 Å². The lowest BCUT2D eigenvalue weighted by Crippen LogP contribution is -2.28. The number of hydrogen-bond acceptors (Lipinski definition) is 5. The number of hydrogen-bond donors (Lipinski definition) is 1. The van der Waals surface area contributed by atoms with Crippen molar-refractivity contribution in [2.75, 3.05) is 13.2 Å². The van der Waals surface area contributed by atoms with E-state index in [4.69, 9.17) is 9.47 Å². The van der Waals surface area contributed by atoms with Gasteiger partial charge in [-0.1, -0.05) is 102 Å². The van der Waals surface area contributed by atoms with Gasteiger partial charge in [-0.15, -0.1) is 0 Å². The Kier molecular flexibility index (Phi) is 25.7. The fourth-order valence-corrected chi connectivity index (χ4v) is 3.76. The van der Waals surface area contributed by atoms with Crippen molar-refractivity contribution in [2.24, 2.45) is 0 Å². The zero-order chi connectivity index (χ0) is 25.8. The Morgan fingerprint density at radius 3 is 1.71 bits per heavy atom. The Hall–Kier alpha value is -1.62. The molecule has 0 rings (SSSR count). The number of esters is 2. The van der Waals surface area contributed by atoms with E-state index < -0.39 is 6.10 Å². The molecule has 0 aliphatic carbocycles.